The predicted molar refractivity (Wildman–Crippen MR) is 73.7 cm³/mol. The van der Waals surface area contributed by atoms with Crippen LogP contribution in [0, 0.1) is 11.6 Å². The molecule has 0 aromatic heterocycles. The lowest BCUT2D eigenvalue weighted by molar-refractivity contribution is 0.0371. The van der Waals surface area contributed by atoms with E-state index in [1.807, 2.05) is 11.8 Å². The summed E-state index contributed by atoms with van der Waals surface area (Å²) in [5.41, 5.74) is -0.800. The number of rotatable bonds is 7. The highest BCUT2D eigenvalue weighted by atomic mass is 19.1. The number of nitrogens with zero attached hydrogens (tertiary/aromatic N) is 1. The van der Waals surface area contributed by atoms with Crippen LogP contribution in [-0.2, 0) is 0 Å². The zero-order chi connectivity index (χ0) is 15.3. The second-order valence-electron chi connectivity index (χ2n) is 5.51. The van der Waals surface area contributed by atoms with Gasteiger partial charge in [0.05, 0.1) is 5.60 Å². The van der Waals surface area contributed by atoms with Gasteiger partial charge in [-0.3, -0.25) is 4.79 Å². The first-order valence-corrected chi connectivity index (χ1v) is 6.65. The number of hydrogen-bond donors (Lipinski definition) is 1. The lowest BCUT2D eigenvalue weighted by atomic mass is 10.1. The van der Waals surface area contributed by atoms with E-state index in [0.29, 0.717) is 19.6 Å². The van der Waals surface area contributed by atoms with Gasteiger partial charge < -0.3 is 10.0 Å². The van der Waals surface area contributed by atoms with E-state index in [1.54, 1.807) is 13.8 Å². The van der Waals surface area contributed by atoms with Gasteiger partial charge in [-0.1, -0.05) is 6.92 Å². The smallest absolute Gasteiger partial charge is 0.164 e. The number of halogens is 2. The topological polar surface area (TPSA) is 40.5 Å². The number of ketones is 1. The Morgan fingerprint density at radius 2 is 1.80 bits per heavy atom. The molecular formula is C15H21F2NO2. The Labute approximate surface area is 118 Å². The van der Waals surface area contributed by atoms with Crippen LogP contribution in [0.25, 0.3) is 0 Å². The van der Waals surface area contributed by atoms with Gasteiger partial charge in [-0.15, -0.1) is 0 Å². The normalized spacial score (nSPS) is 11.9. The molecule has 0 aliphatic rings. The third kappa shape index (κ3) is 5.75. The molecule has 0 amide bonds. The van der Waals surface area contributed by atoms with Crippen LogP contribution in [0.5, 0.6) is 0 Å². The molecule has 0 spiro atoms. The van der Waals surface area contributed by atoms with Gasteiger partial charge >= 0.3 is 0 Å². The van der Waals surface area contributed by atoms with E-state index in [4.69, 9.17) is 0 Å². The van der Waals surface area contributed by atoms with Crippen LogP contribution in [0.1, 0.15) is 37.6 Å². The first-order valence-electron chi connectivity index (χ1n) is 6.65. The van der Waals surface area contributed by atoms with Crippen molar-refractivity contribution in [3.05, 3.63) is 35.4 Å². The Morgan fingerprint density at radius 3 is 2.25 bits per heavy atom. The van der Waals surface area contributed by atoms with E-state index < -0.39 is 17.2 Å². The van der Waals surface area contributed by atoms with Gasteiger partial charge in [0.1, 0.15) is 11.6 Å². The Kier molecular flexibility index (Phi) is 5.77. The van der Waals surface area contributed by atoms with Crippen molar-refractivity contribution in [3.8, 4) is 0 Å². The Hall–Kier alpha value is -1.33. The lowest BCUT2D eigenvalue weighted by Gasteiger charge is -2.27. The van der Waals surface area contributed by atoms with Crippen molar-refractivity contribution in [2.24, 2.45) is 0 Å². The van der Waals surface area contributed by atoms with Gasteiger partial charge in [0.25, 0.3) is 0 Å². The summed E-state index contributed by atoms with van der Waals surface area (Å²) in [6.07, 6.45) is 0.160. The van der Waals surface area contributed by atoms with Gasteiger partial charge in [-0.2, -0.15) is 0 Å². The summed E-state index contributed by atoms with van der Waals surface area (Å²) in [7, 11) is 0. The molecule has 1 N–H and O–H groups in total. The molecule has 0 heterocycles. The second-order valence-corrected chi connectivity index (χ2v) is 5.51. The average Bonchev–Trinajstić information content (AvgIpc) is 2.31. The van der Waals surface area contributed by atoms with Crippen molar-refractivity contribution in [3.63, 3.8) is 0 Å². The molecule has 0 bridgehead atoms. The number of Topliss-reactive ketones (excluding diaryl/α,β-unsaturated/α-hetero) is 1. The minimum absolute atomic E-state index is 0.0433. The average molecular weight is 285 g/mol. The van der Waals surface area contributed by atoms with Crippen LogP contribution in [0.3, 0.4) is 0 Å². The number of carbonyl (C=O) groups is 1. The van der Waals surface area contributed by atoms with Crippen molar-refractivity contribution in [2.45, 2.75) is 32.8 Å². The van der Waals surface area contributed by atoms with Gasteiger partial charge in [-0.05, 0) is 32.5 Å². The highest BCUT2D eigenvalue weighted by molar-refractivity contribution is 5.96. The zero-order valence-electron chi connectivity index (χ0n) is 12.1. The van der Waals surface area contributed by atoms with Crippen LogP contribution in [0.4, 0.5) is 8.78 Å². The maximum absolute atomic E-state index is 13.0. The highest BCUT2D eigenvalue weighted by Gasteiger charge is 2.18. The molecule has 1 rings (SSSR count). The molecule has 0 radical (unpaired) electrons. The molecule has 0 saturated heterocycles. The molecule has 1 aromatic rings. The maximum atomic E-state index is 13.0. The van der Waals surface area contributed by atoms with Crippen LogP contribution in [0.15, 0.2) is 18.2 Å². The SMILES string of the molecule is CCN(CCC(=O)c1cc(F)cc(F)c1)CC(C)(C)O. The lowest BCUT2D eigenvalue weighted by Crippen LogP contribution is -2.39. The van der Waals surface area contributed by atoms with Gasteiger partial charge in [0, 0.05) is 31.1 Å². The molecule has 0 saturated carbocycles. The van der Waals surface area contributed by atoms with Gasteiger partial charge in [0.2, 0.25) is 0 Å². The van der Waals surface area contributed by atoms with Crippen LogP contribution >= 0.6 is 0 Å². The zero-order valence-corrected chi connectivity index (χ0v) is 12.1. The second kappa shape index (κ2) is 6.90. The van der Waals surface area contributed by atoms with E-state index in [1.165, 1.54) is 0 Å². The fraction of sp³-hybridized carbons (Fsp3) is 0.533. The molecule has 20 heavy (non-hydrogen) atoms. The fourth-order valence-electron chi connectivity index (χ4n) is 2.02. The van der Waals surface area contributed by atoms with Crippen LogP contribution in [-0.4, -0.2) is 41.0 Å². The fourth-order valence-corrected chi connectivity index (χ4v) is 2.02. The van der Waals surface area contributed by atoms with E-state index in [2.05, 4.69) is 0 Å². The minimum Gasteiger partial charge on any atom is -0.389 e. The van der Waals surface area contributed by atoms with Crippen molar-refractivity contribution in [2.75, 3.05) is 19.6 Å². The first-order chi connectivity index (χ1) is 9.21. The number of hydrogen-bond acceptors (Lipinski definition) is 3. The summed E-state index contributed by atoms with van der Waals surface area (Å²) < 4.78 is 26.1. The Morgan fingerprint density at radius 1 is 1.25 bits per heavy atom. The van der Waals surface area contributed by atoms with Gasteiger partial charge in [0.15, 0.2) is 5.78 Å². The number of carbonyl (C=O) groups excluding carboxylic acids is 1. The highest BCUT2D eigenvalue weighted by Crippen LogP contribution is 2.11. The molecule has 0 fully saturated rings. The third-order valence-corrected chi connectivity index (χ3v) is 2.90. The molecule has 0 aliphatic carbocycles. The summed E-state index contributed by atoms with van der Waals surface area (Å²) >= 11 is 0. The number of likely N-dealkylation sites (N-methyl/N-ethyl adjacent to an activating group) is 1. The molecule has 5 heteroatoms. The standard InChI is InChI=1S/C15H21F2NO2/c1-4-18(10-15(2,3)20)6-5-14(19)11-7-12(16)9-13(17)8-11/h7-9,20H,4-6,10H2,1-3H3. The molecule has 1 aromatic carbocycles. The van der Waals surface area contributed by atoms with E-state index in [0.717, 1.165) is 18.2 Å². The molecule has 0 atom stereocenters. The summed E-state index contributed by atoms with van der Waals surface area (Å²) in [6, 6.07) is 2.82. The molecule has 0 aliphatic heterocycles. The van der Waals surface area contributed by atoms with Crippen molar-refractivity contribution < 1.29 is 18.7 Å². The van der Waals surface area contributed by atoms with Gasteiger partial charge in [-0.25, -0.2) is 8.78 Å². The van der Waals surface area contributed by atoms with E-state index in [9.17, 15) is 18.7 Å². The summed E-state index contributed by atoms with van der Waals surface area (Å²) in [6.45, 7) is 6.89. The Bertz CT molecular complexity index is 449. The van der Waals surface area contributed by atoms with Crippen molar-refractivity contribution in [1.82, 2.24) is 4.90 Å². The van der Waals surface area contributed by atoms with E-state index in [-0.39, 0.29) is 17.8 Å². The molecule has 112 valence electrons. The number of aliphatic hydroxyl groups is 1. The largest absolute Gasteiger partial charge is 0.389 e. The van der Waals surface area contributed by atoms with E-state index >= 15 is 0 Å². The summed E-state index contributed by atoms with van der Waals surface area (Å²) in [5.74, 6) is -1.81. The summed E-state index contributed by atoms with van der Waals surface area (Å²) in [5, 5.41) is 9.75. The third-order valence-electron chi connectivity index (χ3n) is 2.90. The predicted octanol–water partition coefficient (Wildman–Crippen LogP) is 2.63. The monoisotopic (exact) mass is 285 g/mol. The maximum Gasteiger partial charge on any atom is 0.164 e. The first kappa shape index (κ1) is 16.7. The molecule has 3 nitrogen and oxygen atoms in total. The minimum atomic E-state index is -0.843. The summed E-state index contributed by atoms with van der Waals surface area (Å²) in [4.78, 5) is 13.8. The van der Waals surface area contributed by atoms with Crippen molar-refractivity contribution >= 4 is 5.78 Å². The van der Waals surface area contributed by atoms with Crippen LogP contribution < -0.4 is 0 Å². The number of benzene rings is 1. The Balaban J connectivity index is 2.61. The van der Waals surface area contributed by atoms with Crippen molar-refractivity contribution in [1.29, 1.82) is 0 Å². The quantitative estimate of drug-likeness (QED) is 0.783. The molecular weight excluding hydrogens is 264 g/mol. The van der Waals surface area contributed by atoms with Crippen LogP contribution in [0.2, 0.25) is 0 Å². The molecule has 0 unspecified atom stereocenters.